The highest BCUT2D eigenvalue weighted by atomic mass is 32.2. The van der Waals surface area contributed by atoms with Crippen molar-refractivity contribution in [2.24, 2.45) is 0 Å². The molecule has 0 amide bonds. The van der Waals surface area contributed by atoms with Crippen LogP contribution in [0.2, 0.25) is 0 Å². The lowest BCUT2D eigenvalue weighted by Gasteiger charge is -2.22. The van der Waals surface area contributed by atoms with E-state index in [2.05, 4.69) is 45.0 Å². The van der Waals surface area contributed by atoms with E-state index < -0.39 is 32.4 Å². The van der Waals surface area contributed by atoms with E-state index >= 15 is 0 Å². The van der Waals surface area contributed by atoms with E-state index in [0.717, 1.165) is 27.4 Å². The van der Waals surface area contributed by atoms with Crippen LogP contribution in [-0.2, 0) is 26.4 Å². The molecule has 5 nitrogen and oxygen atoms in total. The second kappa shape index (κ2) is 10.9. The minimum atomic E-state index is -5.61. The van der Waals surface area contributed by atoms with Gasteiger partial charge in [0, 0.05) is 0 Å². The van der Waals surface area contributed by atoms with Crippen molar-refractivity contribution in [3.63, 3.8) is 0 Å². The first-order valence-electron chi connectivity index (χ1n) is 12.1. The Labute approximate surface area is 227 Å². The predicted molar refractivity (Wildman–Crippen MR) is 147 cm³/mol. The fourth-order valence-corrected chi connectivity index (χ4v) is 6.14. The minimum Gasteiger partial charge on any atom is -0.488 e. The summed E-state index contributed by atoms with van der Waals surface area (Å²) in [4.78, 5) is 3.02. The van der Waals surface area contributed by atoms with Crippen LogP contribution in [0, 0.1) is 0 Å². The van der Waals surface area contributed by atoms with Crippen LogP contribution < -0.4 is 9.47 Å². The highest BCUT2D eigenvalue weighted by Gasteiger charge is 2.51. The van der Waals surface area contributed by atoms with Crippen molar-refractivity contribution in [2.75, 3.05) is 0 Å². The summed E-state index contributed by atoms with van der Waals surface area (Å²) < 4.78 is 70.0. The van der Waals surface area contributed by atoms with Gasteiger partial charge in [-0.1, -0.05) is 32.9 Å². The Balaban J connectivity index is 1.97. The van der Waals surface area contributed by atoms with Crippen LogP contribution in [-0.4, -0.2) is 29.9 Å². The van der Waals surface area contributed by atoms with Crippen LogP contribution in [0.4, 0.5) is 8.78 Å². The Morgan fingerprint density at radius 1 is 0.737 bits per heavy atom. The van der Waals surface area contributed by atoms with Gasteiger partial charge in [0.15, 0.2) is 20.8 Å². The largest absolute Gasteiger partial charge is 0.488 e. The number of rotatable bonds is 8. The van der Waals surface area contributed by atoms with Crippen LogP contribution in [0.3, 0.4) is 0 Å². The van der Waals surface area contributed by atoms with Crippen LogP contribution in [0.1, 0.15) is 54.0 Å². The molecular weight excluding hydrogens is 530 g/mol. The Bertz CT molecular complexity index is 1320. The van der Waals surface area contributed by atoms with E-state index in [9.17, 15) is 17.2 Å². The molecule has 206 valence electrons. The lowest BCUT2D eigenvalue weighted by Crippen LogP contribution is -2.42. The number of halogens is 2. The van der Waals surface area contributed by atoms with Gasteiger partial charge in [0.25, 0.3) is 0 Å². The van der Waals surface area contributed by atoms with Crippen LogP contribution in [0.5, 0.6) is 11.5 Å². The molecule has 0 aromatic heterocycles. The molecule has 2 atom stereocenters. The Kier molecular flexibility index (Phi) is 8.56. The third-order valence-corrected chi connectivity index (χ3v) is 8.88. The summed E-state index contributed by atoms with van der Waals surface area (Å²) in [5.74, 6) is 0.815. The molecule has 3 rings (SSSR count). The van der Waals surface area contributed by atoms with Crippen molar-refractivity contribution in [1.82, 2.24) is 0 Å². The first-order valence-corrected chi connectivity index (χ1v) is 14.8. The molecular formula is C29H35F2O5S2+. The highest BCUT2D eigenvalue weighted by Crippen LogP contribution is 2.35. The molecule has 0 aliphatic rings. The summed E-state index contributed by atoms with van der Waals surface area (Å²) in [5.41, 5.74) is 0.879. The second-order valence-corrected chi connectivity index (χ2v) is 14.6. The standard InChI is InChI=1S/C29H34F2O5S2/c1-20(29(30,31)38(32,33)34)35-22-10-16-25(17-11-22)37(24-14-8-21(9-15-24)27(2,3)4)26-18-12-23(13-19-26)36-28(5,6)7/h8-20H,1-7H3/p+1. The molecule has 3 aromatic rings. The normalized spacial score (nSPS) is 14.6. The molecule has 2 unspecified atom stereocenters. The average molecular weight is 566 g/mol. The first kappa shape index (κ1) is 29.9. The molecule has 38 heavy (non-hydrogen) atoms. The van der Waals surface area contributed by atoms with E-state index in [4.69, 9.17) is 14.0 Å². The maximum atomic E-state index is 13.9. The van der Waals surface area contributed by atoms with Crippen molar-refractivity contribution in [1.29, 1.82) is 0 Å². The molecule has 0 spiro atoms. The SMILES string of the molecule is CC(Oc1ccc([S+](c2ccc(OC(C)(C)C)cc2)c2ccc(C(C)(C)C)cc2)cc1)C(F)(F)S(=O)(=O)O. The summed E-state index contributed by atoms with van der Waals surface area (Å²) in [5, 5.41) is -4.44. The average Bonchev–Trinajstić information content (AvgIpc) is 2.79. The number of benzene rings is 3. The summed E-state index contributed by atoms with van der Waals surface area (Å²) in [6.07, 6.45) is -2.08. The van der Waals surface area contributed by atoms with E-state index in [-0.39, 0.29) is 16.8 Å². The molecule has 0 saturated carbocycles. The predicted octanol–water partition coefficient (Wildman–Crippen LogP) is 7.50. The quantitative estimate of drug-likeness (QED) is 0.226. The van der Waals surface area contributed by atoms with Gasteiger partial charge in [-0.2, -0.15) is 17.2 Å². The third kappa shape index (κ3) is 7.27. The molecule has 1 N–H and O–H groups in total. The van der Waals surface area contributed by atoms with Gasteiger partial charge >= 0.3 is 15.4 Å². The van der Waals surface area contributed by atoms with Gasteiger partial charge in [-0.05, 0) is 99.3 Å². The van der Waals surface area contributed by atoms with Crippen molar-refractivity contribution in [3.8, 4) is 11.5 Å². The second-order valence-electron chi connectivity index (χ2n) is 11.0. The molecule has 0 fully saturated rings. The zero-order valence-corrected chi connectivity index (χ0v) is 24.3. The molecule has 0 saturated heterocycles. The van der Waals surface area contributed by atoms with Gasteiger partial charge in [-0.25, -0.2) is 0 Å². The summed E-state index contributed by atoms with van der Waals surface area (Å²) in [6, 6.07) is 22.9. The lowest BCUT2D eigenvalue weighted by molar-refractivity contribution is -0.0236. The smallest absolute Gasteiger partial charge is 0.405 e. The number of ether oxygens (including phenoxy) is 2. The number of hydrogen-bond acceptors (Lipinski definition) is 4. The molecule has 0 heterocycles. The molecule has 0 aliphatic carbocycles. The molecule has 0 bridgehead atoms. The van der Waals surface area contributed by atoms with E-state index in [1.54, 1.807) is 12.1 Å². The van der Waals surface area contributed by atoms with E-state index in [0.29, 0.717) is 0 Å². The zero-order valence-electron chi connectivity index (χ0n) is 22.7. The van der Waals surface area contributed by atoms with Crippen molar-refractivity contribution in [2.45, 2.75) is 85.5 Å². The fraction of sp³-hybridized carbons (Fsp3) is 0.379. The van der Waals surface area contributed by atoms with Gasteiger partial charge in [0.2, 0.25) is 0 Å². The molecule has 0 aliphatic heterocycles. The fourth-order valence-electron chi connectivity index (χ4n) is 3.63. The van der Waals surface area contributed by atoms with Crippen LogP contribution >= 0.6 is 0 Å². The van der Waals surface area contributed by atoms with E-state index in [1.165, 1.54) is 17.7 Å². The topological polar surface area (TPSA) is 72.8 Å². The van der Waals surface area contributed by atoms with Crippen LogP contribution in [0.25, 0.3) is 0 Å². The molecule has 3 aromatic carbocycles. The molecule has 9 heteroatoms. The third-order valence-electron chi connectivity index (χ3n) is 5.63. The van der Waals surface area contributed by atoms with Gasteiger partial charge in [-0.15, -0.1) is 0 Å². The first-order chi connectivity index (χ1) is 17.4. The highest BCUT2D eigenvalue weighted by molar-refractivity contribution is 7.97. The zero-order chi connectivity index (χ0) is 28.5. The lowest BCUT2D eigenvalue weighted by atomic mass is 9.87. The number of hydrogen-bond donors (Lipinski definition) is 1. The maximum Gasteiger partial charge on any atom is 0.405 e. The van der Waals surface area contributed by atoms with E-state index in [1.807, 2.05) is 45.0 Å². The van der Waals surface area contributed by atoms with Gasteiger partial charge in [0.05, 0.1) is 10.9 Å². The Morgan fingerprint density at radius 2 is 1.13 bits per heavy atom. The van der Waals surface area contributed by atoms with Gasteiger partial charge in [0.1, 0.15) is 17.1 Å². The minimum absolute atomic E-state index is 0.00285. The van der Waals surface area contributed by atoms with Crippen molar-refractivity contribution >= 4 is 21.0 Å². The Hall–Kier alpha value is -2.62. The van der Waals surface area contributed by atoms with Gasteiger partial charge in [-0.3, -0.25) is 4.55 Å². The van der Waals surface area contributed by atoms with Gasteiger partial charge < -0.3 is 9.47 Å². The summed E-state index contributed by atoms with van der Waals surface area (Å²) in [7, 11) is -6.14. The Morgan fingerprint density at radius 3 is 1.50 bits per heavy atom. The molecule has 0 radical (unpaired) electrons. The summed E-state index contributed by atoms with van der Waals surface area (Å²) >= 11 is 0. The van der Waals surface area contributed by atoms with Crippen LogP contribution in [0.15, 0.2) is 87.5 Å². The number of alkyl halides is 2. The summed E-state index contributed by atoms with van der Waals surface area (Å²) in [6.45, 7) is 13.3. The maximum absolute atomic E-state index is 13.9. The van der Waals surface area contributed by atoms with Crippen molar-refractivity contribution in [3.05, 3.63) is 78.4 Å². The monoisotopic (exact) mass is 565 g/mol. The van der Waals surface area contributed by atoms with Crippen molar-refractivity contribution < 1.29 is 31.2 Å².